The van der Waals surface area contributed by atoms with Gasteiger partial charge in [-0.3, -0.25) is 19.5 Å². The van der Waals surface area contributed by atoms with Crippen LogP contribution >= 0.6 is 35.1 Å². The van der Waals surface area contributed by atoms with Gasteiger partial charge in [0.25, 0.3) is 11.8 Å². The minimum Gasteiger partial charge on any atom is -0.448 e. The Hall–Kier alpha value is -4.99. The van der Waals surface area contributed by atoms with E-state index in [1.165, 1.54) is 28.4 Å². The molecule has 1 fully saturated rings. The van der Waals surface area contributed by atoms with E-state index in [1.807, 2.05) is 84.3 Å². The summed E-state index contributed by atoms with van der Waals surface area (Å²) in [4.78, 5) is 56.7. The number of oxime groups is 1. The third kappa shape index (κ3) is 7.27. The number of aromatic nitrogens is 3. The van der Waals surface area contributed by atoms with Gasteiger partial charge in [0.05, 0.1) is 0 Å². The number of hydrogen-bond donors (Lipinski definition) is 2. The van der Waals surface area contributed by atoms with Gasteiger partial charge in [-0.25, -0.2) is 4.79 Å². The molecule has 1 saturated heterocycles. The molecule has 2 aromatic heterocycles. The molecule has 0 spiro atoms. The molecule has 2 aromatic carbocycles. The molecule has 6 rings (SSSR count). The third-order valence-electron chi connectivity index (χ3n) is 7.15. The molecule has 12 nitrogen and oxygen atoms in total. The molecule has 3 N–H and O–H groups in total. The summed E-state index contributed by atoms with van der Waals surface area (Å²) in [5.74, 6) is -1.47. The predicted octanol–water partition coefficient (Wildman–Crippen LogP) is 4.60. The molecule has 244 valence electrons. The lowest BCUT2D eigenvalue weighted by atomic mass is 10.0. The molecule has 2 aliphatic heterocycles. The molecular weight excluding hydrogens is 671 g/mol. The maximum Gasteiger partial charge on any atom is 0.356 e. The maximum atomic E-state index is 14.2. The van der Waals surface area contributed by atoms with Crippen LogP contribution in [0.2, 0.25) is 0 Å². The van der Waals surface area contributed by atoms with Crippen molar-refractivity contribution in [1.29, 1.82) is 0 Å². The fourth-order valence-electron chi connectivity index (χ4n) is 4.94. The van der Waals surface area contributed by atoms with Crippen molar-refractivity contribution >= 4 is 69.8 Å². The van der Waals surface area contributed by atoms with Gasteiger partial charge in [-0.2, -0.15) is 9.36 Å². The van der Waals surface area contributed by atoms with Gasteiger partial charge in [0.2, 0.25) is 11.5 Å². The summed E-state index contributed by atoms with van der Waals surface area (Å²) < 4.78 is 10.3. The van der Waals surface area contributed by atoms with E-state index in [4.69, 9.17) is 15.3 Å². The predicted molar refractivity (Wildman–Crippen MR) is 186 cm³/mol. The van der Waals surface area contributed by atoms with Gasteiger partial charge in [-0.05, 0) is 41.2 Å². The normalized spacial score (nSPS) is 17.7. The van der Waals surface area contributed by atoms with Crippen LogP contribution in [0.5, 0.6) is 0 Å². The van der Waals surface area contributed by atoms with Crippen LogP contribution in [0.4, 0.5) is 5.13 Å². The Morgan fingerprint density at radius 2 is 1.85 bits per heavy atom. The molecule has 15 heteroatoms. The first-order valence-electron chi connectivity index (χ1n) is 14.8. The van der Waals surface area contributed by atoms with Gasteiger partial charge in [0.15, 0.2) is 11.2 Å². The largest absolute Gasteiger partial charge is 0.448 e. The summed E-state index contributed by atoms with van der Waals surface area (Å²) in [5, 5.41) is 8.02. The van der Waals surface area contributed by atoms with Crippen LogP contribution in [0.3, 0.4) is 0 Å². The molecule has 4 aromatic rings. The Balaban J connectivity index is 1.29. The van der Waals surface area contributed by atoms with E-state index in [0.717, 1.165) is 28.2 Å². The van der Waals surface area contributed by atoms with Crippen LogP contribution in [0.1, 0.15) is 35.5 Å². The summed E-state index contributed by atoms with van der Waals surface area (Å²) in [6.07, 6.45) is 4.57. The van der Waals surface area contributed by atoms with Crippen molar-refractivity contribution in [2.24, 2.45) is 5.16 Å². The zero-order chi connectivity index (χ0) is 33.5. The van der Waals surface area contributed by atoms with Crippen molar-refractivity contribution < 1.29 is 24.0 Å². The van der Waals surface area contributed by atoms with Gasteiger partial charge in [0, 0.05) is 34.6 Å². The number of carbonyl (C=O) groups excluding carboxylic acids is 3. The van der Waals surface area contributed by atoms with Gasteiger partial charge >= 0.3 is 5.97 Å². The number of ether oxygens (including phenoxy) is 1. The second-order valence-electron chi connectivity index (χ2n) is 10.3. The number of amides is 2. The Morgan fingerprint density at radius 1 is 1.12 bits per heavy atom. The number of pyridine rings is 1. The molecule has 2 aliphatic rings. The highest BCUT2D eigenvalue weighted by atomic mass is 32.2. The molecule has 2 amide bonds. The zero-order valence-electron chi connectivity index (χ0n) is 25.5. The SMILES string of the molecule is CCON=C(C(=O)NC1C(=O)N2C(C(=O)OC(c3ccccc3)c3ccccc3)=C(S/C=C\c3cccnc3)CS[C@H]12)c1nsc(N)n1. The average Bonchev–Trinajstić information content (AvgIpc) is 3.56. The lowest BCUT2D eigenvalue weighted by Gasteiger charge is -2.49. The van der Waals surface area contributed by atoms with Crippen LogP contribution in [0.25, 0.3) is 6.08 Å². The number of β-lactam (4-membered cyclic amide) rings is 1. The van der Waals surface area contributed by atoms with E-state index in [0.29, 0.717) is 10.7 Å². The van der Waals surface area contributed by atoms with Crippen LogP contribution < -0.4 is 11.1 Å². The number of esters is 1. The lowest BCUT2D eigenvalue weighted by molar-refractivity contribution is -0.154. The first kappa shape index (κ1) is 32.9. The monoisotopic (exact) mass is 699 g/mol. The molecule has 0 bridgehead atoms. The number of nitrogens with one attached hydrogen (secondary N) is 1. The van der Waals surface area contributed by atoms with E-state index in [2.05, 4.69) is 24.8 Å². The average molecular weight is 700 g/mol. The second kappa shape index (κ2) is 15.3. The number of nitrogens with two attached hydrogens (primary N) is 1. The topological polar surface area (TPSA) is 162 Å². The fraction of sp³-hybridized carbons (Fsp3) is 0.182. The van der Waals surface area contributed by atoms with Crippen molar-refractivity contribution in [1.82, 2.24) is 24.6 Å². The summed E-state index contributed by atoms with van der Waals surface area (Å²) in [7, 11) is 0. The standard InChI is InChI=1S/C33H29N7O5S3/c1-2-44-38-24(28-37-33(34)48-39-28)29(41)36-25-30(42)40-26(23(19-47-31(25)40)46-17-15-20-10-9-16-35-18-20)32(43)45-27(21-11-5-3-6-12-21)22-13-7-4-8-14-22/h3-18,25,27,31H,2,19H2,1H3,(H,36,41)(H2,34,37,39)/b17-15-,38-24?/t25?,31-/m1/s1. The van der Waals surface area contributed by atoms with Crippen molar-refractivity contribution in [2.45, 2.75) is 24.4 Å². The quantitative estimate of drug-likeness (QED) is 0.0920. The Bertz CT molecular complexity index is 1830. The number of anilines is 1. The van der Waals surface area contributed by atoms with Crippen molar-refractivity contribution in [3.8, 4) is 0 Å². The molecule has 0 radical (unpaired) electrons. The summed E-state index contributed by atoms with van der Waals surface area (Å²) in [6, 6.07) is 21.6. The molecule has 4 heterocycles. The number of rotatable bonds is 12. The summed E-state index contributed by atoms with van der Waals surface area (Å²) in [5.41, 5.74) is 8.08. The Morgan fingerprint density at radius 3 is 2.48 bits per heavy atom. The van der Waals surface area contributed by atoms with E-state index in [9.17, 15) is 14.4 Å². The first-order valence-corrected chi connectivity index (χ1v) is 17.5. The maximum absolute atomic E-state index is 14.2. The highest BCUT2D eigenvalue weighted by Crippen LogP contribution is 2.45. The number of hydrogen-bond acceptors (Lipinski definition) is 13. The molecule has 1 unspecified atom stereocenters. The number of thioether (sulfide) groups is 2. The smallest absolute Gasteiger partial charge is 0.356 e. The van der Waals surface area contributed by atoms with Crippen LogP contribution in [0.15, 0.2) is 106 Å². The van der Waals surface area contributed by atoms with Gasteiger partial charge in [-0.15, -0.1) is 11.8 Å². The zero-order valence-corrected chi connectivity index (χ0v) is 27.9. The van der Waals surface area contributed by atoms with Crippen LogP contribution in [0, 0.1) is 0 Å². The second-order valence-corrected chi connectivity index (χ2v) is 13.1. The number of fused-ring (bicyclic) bond motifs is 1. The summed E-state index contributed by atoms with van der Waals surface area (Å²) in [6.45, 7) is 1.91. The molecule has 0 saturated carbocycles. The number of benzene rings is 2. The number of nitrogens with zero attached hydrogens (tertiary/aromatic N) is 5. The van der Waals surface area contributed by atoms with Gasteiger partial charge < -0.3 is 20.6 Å². The lowest BCUT2D eigenvalue weighted by Crippen LogP contribution is -2.71. The Kier molecular flexibility index (Phi) is 10.5. The highest BCUT2D eigenvalue weighted by Gasteiger charge is 2.55. The van der Waals surface area contributed by atoms with Gasteiger partial charge in [0.1, 0.15) is 23.7 Å². The van der Waals surface area contributed by atoms with Crippen LogP contribution in [-0.4, -0.2) is 66.5 Å². The minimum absolute atomic E-state index is 0.0144. The Labute approximate surface area is 288 Å². The number of carbonyl (C=O) groups is 3. The van der Waals surface area contributed by atoms with Crippen LogP contribution in [-0.2, 0) is 24.0 Å². The van der Waals surface area contributed by atoms with Crippen molar-refractivity contribution in [2.75, 3.05) is 18.1 Å². The highest BCUT2D eigenvalue weighted by molar-refractivity contribution is 8.08. The van der Waals surface area contributed by atoms with E-state index in [1.54, 1.807) is 19.3 Å². The molecule has 0 aliphatic carbocycles. The van der Waals surface area contributed by atoms with E-state index < -0.39 is 35.3 Å². The number of nitrogen functional groups attached to an aromatic ring is 1. The van der Waals surface area contributed by atoms with Crippen molar-refractivity contribution in [3.63, 3.8) is 0 Å². The van der Waals surface area contributed by atoms with E-state index >= 15 is 0 Å². The minimum atomic E-state index is -0.954. The third-order valence-corrected chi connectivity index (χ3v) is 10.1. The molecule has 2 atom stereocenters. The molecular formula is C33H29N7O5S3. The fourth-order valence-corrected chi connectivity index (χ4v) is 7.73. The first-order chi connectivity index (χ1) is 23.4. The van der Waals surface area contributed by atoms with E-state index in [-0.39, 0.29) is 29.0 Å². The van der Waals surface area contributed by atoms with Gasteiger partial charge in [-0.1, -0.05) is 83.6 Å². The molecule has 48 heavy (non-hydrogen) atoms. The summed E-state index contributed by atoms with van der Waals surface area (Å²) >= 11 is 3.65. The van der Waals surface area contributed by atoms with Crippen molar-refractivity contribution in [3.05, 3.63) is 124 Å².